The molecule has 0 atom stereocenters. The van der Waals surface area contributed by atoms with Crippen molar-refractivity contribution in [2.24, 2.45) is 0 Å². The van der Waals surface area contributed by atoms with Crippen LogP contribution in [0.4, 0.5) is 0 Å². The molecule has 2 N–H and O–H groups in total. The molecule has 2 aromatic heterocycles. The van der Waals surface area contributed by atoms with Crippen LogP contribution in [-0.4, -0.2) is 21.1 Å². The number of pyridine rings is 1. The van der Waals surface area contributed by atoms with Crippen LogP contribution < -0.4 is 10.9 Å². The quantitative estimate of drug-likeness (QED) is 0.723. The van der Waals surface area contributed by atoms with Crippen molar-refractivity contribution in [3.8, 4) is 11.3 Å². The number of rotatable bonds is 4. The molecule has 0 aliphatic carbocycles. The fraction of sp³-hybridized carbons (Fsp3) is 0.0588. The summed E-state index contributed by atoms with van der Waals surface area (Å²) in [6.07, 6.45) is 3.24. The molecule has 120 valence electrons. The zero-order chi connectivity index (χ0) is 16.9. The van der Waals surface area contributed by atoms with E-state index in [1.165, 1.54) is 6.07 Å². The number of aromatic nitrogens is 3. The lowest BCUT2D eigenvalue weighted by molar-refractivity contribution is 0.0949. The van der Waals surface area contributed by atoms with Crippen LogP contribution in [0.25, 0.3) is 11.3 Å². The molecular formula is C17H13BrN4O2. The first-order chi connectivity index (χ1) is 11.6. The number of benzene rings is 1. The number of aromatic amines is 1. The molecule has 0 aliphatic rings. The van der Waals surface area contributed by atoms with Gasteiger partial charge in [-0.05, 0) is 35.9 Å². The second-order valence-electron chi connectivity index (χ2n) is 5.04. The topological polar surface area (TPSA) is 87.7 Å². The van der Waals surface area contributed by atoms with Crippen molar-refractivity contribution < 1.29 is 4.79 Å². The predicted molar refractivity (Wildman–Crippen MR) is 93.4 cm³/mol. The minimum absolute atomic E-state index is 0.0222. The van der Waals surface area contributed by atoms with Crippen LogP contribution in [0.15, 0.2) is 64.1 Å². The van der Waals surface area contributed by atoms with Crippen LogP contribution in [-0.2, 0) is 6.54 Å². The van der Waals surface area contributed by atoms with Crippen LogP contribution >= 0.6 is 15.9 Å². The fourth-order valence-corrected chi connectivity index (χ4v) is 2.39. The van der Waals surface area contributed by atoms with Gasteiger partial charge in [-0.15, -0.1) is 0 Å². The Morgan fingerprint density at radius 1 is 1.12 bits per heavy atom. The van der Waals surface area contributed by atoms with Crippen molar-refractivity contribution in [1.82, 2.24) is 20.5 Å². The molecular weight excluding hydrogens is 372 g/mol. The molecule has 7 heteroatoms. The summed E-state index contributed by atoms with van der Waals surface area (Å²) in [6.45, 7) is 0.332. The molecule has 3 rings (SSSR count). The summed E-state index contributed by atoms with van der Waals surface area (Å²) in [5.41, 5.74) is 1.70. The molecule has 3 aromatic rings. The van der Waals surface area contributed by atoms with Gasteiger partial charge >= 0.3 is 0 Å². The van der Waals surface area contributed by atoms with Crippen LogP contribution in [0.2, 0.25) is 0 Å². The second-order valence-corrected chi connectivity index (χ2v) is 5.96. The van der Waals surface area contributed by atoms with Gasteiger partial charge in [-0.3, -0.25) is 14.6 Å². The van der Waals surface area contributed by atoms with Gasteiger partial charge in [-0.1, -0.05) is 28.1 Å². The summed E-state index contributed by atoms with van der Waals surface area (Å²) in [5.74, 6) is -0.447. The summed E-state index contributed by atoms with van der Waals surface area (Å²) < 4.78 is 0.963. The smallest absolute Gasteiger partial charge is 0.277 e. The zero-order valence-corrected chi connectivity index (χ0v) is 14.1. The van der Waals surface area contributed by atoms with Gasteiger partial charge in [0.1, 0.15) is 5.56 Å². The summed E-state index contributed by atoms with van der Waals surface area (Å²) >= 11 is 3.36. The summed E-state index contributed by atoms with van der Waals surface area (Å²) in [7, 11) is 0. The number of H-pyrrole nitrogens is 1. The Morgan fingerprint density at radius 2 is 1.83 bits per heavy atom. The number of hydrogen-bond acceptors (Lipinski definition) is 4. The maximum Gasteiger partial charge on any atom is 0.277 e. The van der Waals surface area contributed by atoms with E-state index in [4.69, 9.17) is 0 Å². The highest BCUT2D eigenvalue weighted by Crippen LogP contribution is 2.14. The molecule has 1 aromatic carbocycles. The molecule has 1 amide bonds. The molecule has 24 heavy (non-hydrogen) atoms. The van der Waals surface area contributed by atoms with E-state index in [-0.39, 0.29) is 5.56 Å². The molecule has 2 heterocycles. The van der Waals surface area contributed by atoms with Crippen LogP contribution in [0, 0.1) is 0 Å². The Morgan fingerprint density at radius 3 is 2.54 bits per heavy atom. The minimum atomic E-state index is -0.527. The third-order valence-corrected chi connectivity index (χ3v) is 3.92. The monoisotopic (exact) mass is 384 g/mol. The SMILES string of the molecule is O=C(NCc1ccc(Br)cc1)c1cc(-c2ccncc2)n[nH]c1=O. The van der Waals surface area contributed by atoms with Gasteiger partial charge in [0.05, 0.1) is 5.69 Å². The second kappa shape index (κ2) is 7.18. The molecule has 0 bridgehead atoms. The molecule has 0 saturated carbocycles. The molecule has 0 saturated heterocycles. The van der Waals surface area contributed by atoms with E-state index in [2.05, 4.69) is 36.4 Å². The third-order valence-electron chi connectivity index (χ3n) is 3.39. The van der Waals surface area contributed by atoms with Crippen molar-refractivity contribution >= 4 is 21.8 Å². The fourth-order valence-electron chi connectivity index (χ4n) is 2.12. The Kier molecular flexibility index (Phi) is 4.81. The first-order valence-corrected chi connectivity index (χ1v) is 7.95. The van der Waals surface area contributed by atoms with Crippen molar-refractivity contribution in [1.29, 1.82) is 0 Å². The first-order valence-electron chi connectivity index (χ1n) is 7.16. The number of amides is 1. The lowest BCUT2D eigenvalue weighted by atomic mass is 10.1. The summed E-state index contributed by atoms with van der Waals surface area (Å²) in [4.78, 5) is 28.1. The van der Waals surface area contributed by atoms with Crippen LogP contribution in [0.5, 0.6) is 0 Å². The van der Waals surface area contributed by atoms with E-state index in [9.17, 15) is 9.59 Å². The van der Waals surface area contributed by atoms with Gasteiger partial charge in [0.15, 0.2) is 0 Å². The van der Waals surface area contributed by atoms with Crippen molar-refractivity contribution in [2.45, 2.75) is 6.54 Å². The largest absolute Gasteiger partial charge is 0.348 e. The summed E-state index contributed by atoms with van der Waals surface area (Å²) in [5, 5.41) is 9.07. The van der Waals surface area contributed by atoms with E-state index >= 15 is 0 Å². The van der Waals surface area contributed by atoms with Crippen LogP contribution in [0.3, 0.4) is 0 Å². The minimum Gasteiger partial charge on any atom is -0.348 e. The van der Waals surface area contributed by atoms with E-state index < -0.39 is 11.5 Å². The molecule has 0 radical (unpaired) electrons. The molecule has 0 spiro atoms. The predicted octanol–water partition coefficient (Wildman–Crippen LogP) is 2.52. The van der Waals surface area contributed by atoms with Crippen molar-refractivity contribution in [3.63, 3.8) is 0 Å². The highest BCUT2D eigenvalue weighted by Gasteiger charge is 2.13. The maximum absolute atomic E-state index is 12.3. The van der Waals surface area contributed by atoms with Gasteiger partial charge in [0, 0.05) is 29.0 Å². The van der Waals surface area contributed by atoms with Crippen LogP contribution in [0.1, 0.15) is 15.9 Å². The number of hydrogen-bond donors (Lipinski definition) is 2. The van der Waals surface area contributed by atoms with Gasteiger partial charge in [0.25, 0.3) is 11.5 Å². The number of carbonyl (C=O) groups is 1. The van der Waals surface area contributed by atoms with Gasteiger partial charge < -0.3 is 5.32 Å². The van der Waals surface area contributed by atoms with E-state index in [1.807, 2.05) is 24.3 Å². The number of nitrogens with zero attached hydrogens (tertiary/aromatic N) is 2. The van der Waals surface area contributed by atoms with Crippen molar-refractivity contribution in [2.75, 3.05) is 0 Å². The maximum atomic E-state index is 12.3. The molecule has 0 fully saturated rings. The standard InChI is InChI=1S/C17H13BrN4O2/c18-13-3-1-11(2-4-13)10-20-16(23)14-9-15(21-22-17(14)24)12-5-7-19-8-6-12/h1-9H,10H2,(H,20,23)(H,22,24). The molecule has 0 aliphatic heterocycles. The Labute approximate surface area is 146 Å². The highest BCUT2D eigenvalue weighted by molar-refractivity contribution is 9.10. The Balaban J connectivity index is 1.79. The van der Waals surface area contributed by atoms with E-state index in [1.54, 1.807) is 24.5 Å². The van der Waals surface area contributed by atoms with Gasteiger partial charge in [0.2, 0.25) is 0 Å². The number of carbonyl (C=O) groups excluding carboxylic acids is 1. The zero-order valence-electron chi connectivity index (χ0n) is 12.5. The molecule has 6 nitrogen and oxygen atoms in total. The third kappa shape index (κ3) is 3.75. The first kappa shape index (κ1) is 16.1. The van der Waals surface area contributed by atoms with Gasteiger partial charge in [-0.25, -0.2) is 5.10 Å². The lowest BCUT2D eigenvalue weighted by Crippen LogP contribution is -2.29. The Hall–Kier alpha value is -2.80. The molecule has 0 unspecified atom stereocenters. The number of halogens is 1. The van der Waals surface area contributed by atoms with Gasteiger partial charge in [-0.2, -0.15) is 5.10 Å². The highest BCUT2D eigenvalue weighted by atomic mass is 79.9. The Bertz CT molecular complexity index is 908. The van der Waals surface area contributed by atoms with E-state index in [0.29, 0.717) is 12.2 Å². The van der Waals surface area contributed by atoms with Crippen molar-refractivity contribution in [3.05, 3.63) is 80.8 Å². The van der Waals surface area contributed by atoms with E-state index in [0.717, 1.165) is 15.6 Å². The number of nitrogens with one attached hydrogen (secondary N) is 2. The average Bonchev–Trinajstić information content (AvgIpc) is 2.62. The lowest BCUT2D eigenvalue weighted by Gasteiger charge is -2.06. The summed E-state index contributed by atoms with van der Waals surface area (Å²) in [6, 6.07) is 12.6. The normalized spacial score (nSPS) is 10.4. The average molecular weight is 385 g/mol.